The number of carbonyl (C=O) groups is 3. The molecule has 4 aromatic rings. The summed E-state index contributed by atoms with van der Waals surface area (Å²) < 4.78 is 12.7. The molecule has 5 rings (SSSR count). The van der Waals surface area contributed by atoms with Crippen LogP contribution in [0.4, 0.5) is 9.59 Å². The van der Waals surface area contributed by atoms with Crippen molar-refractivity contribution in [2.24, 2.45) is 0 Å². The first-order valence-corrected chi connectivity index (χ1v) is 13.3. The topological polar surface area (TPSA) is 98.1 Å². The van der Waals surface area contributed by atoms with Crippen molar-refractivity contribution >= 4 is 29.1 Å². The molecule has 0 atom stereocenters. The number of fused-ring (bicyclic) bond motifs is 4. The Hall–Kier alpha value is -4.59. The SMILES string of the molecule is CC(C)(C)OC(=O)n1ccc2ccc(CCN(CC(=O)O)C(=O)OCC3c4ccccc4-c4ccccc43)cc21. The summed E-state index contributed by atoms with van der Waals surface area (Å²) in [6.07, 6.45) is 0.885. The van der Waals surface area contributed by atoms with Crippen molar-refractivity contribution < 1.29 is 29.0 Å². The monoisotopic (exact) mass is 540 g/mol. The van der Waals surface area contributed by atoms with Crippen molar-refractivity contribution in [1.29, 1.82) is 0 Å². The van der Waals surface area contributed by atoms with E-state index in [9.17, 15) is 19.5 Å². The Kier molecular flexibility index (Phi) is 7.34. The number of benzene rings is 3. The second-order valence-corrected chi connectivity index (χ2v) is 10.9. The Morgan fingerprint density at radius 2 is 1.57 bits per heavy atom. The lowest BCUT2D eigenvalue weighted by Crippen LogP contribution is -2.38. The third-order valence-corrected chi connectivity index (χ3v) is 6.94. The van der Waals surface area contributed by atoms with Gasteiger partial charge in [-0.2, -0.15) is 0 Å². The lowest BCUT2D eigenvalue weighted by molar-refractivity contribution is -0.138. The first-order chi connectivity index (χ1) is 19.1. The van der Waals surface area contributed by atoms with E-state index in [4.69, 9.17) is 9.47 Å². The van der Waals surface area contributed by atoms with Gasteiger partial charge in [0.05, 0.1) is 5.52 Å². The van der Waals surface area contributed by atoms with Crippen molar-refractivity contribution in [1.82, 2.24) is 9.47 Å². The zero-order valence-electron chi connectivity index (χ0n) is 22.8. The van der Waals surface area contributed by atoms with E-state index in [2.05, 4.69) is 12.1 Å². The van der Waals surface area contributed by atoms with Crippen LogP contribution in [-0.2, 0) is 20.7 Å². The van der Waals surface area contributed by atoms with Crippen LogP contribution in [0, 0.1) is 0 Å². The molecule has 0 bridgehead atoms. The van der Waals surface area contributed by atoms with Crippen LogP contribution in [0.2, 0.25) is 0 Å². The summed E-state index contributed by atoms with van der Waals surface area (Å²) in [6.45, 7) is 5.19. The van der Waals surface area contributed by atoms with Gasteiger partial charge < -0.3 is 14.6 Å². The second-order valence-electron chi connectivity index (χ2n) is 10.9. The van der Waals surface area contributed by atoms with Crippen LogP contribution in [-0.4, -0.2) is 58.0 Å². The largest absolute Gasteiger partial charge is 0.480 e. The molecule has 1 N–H and O–H groups in total. The molecule has 0 saturated heterocycles. The van der Waals surface area contributed by atoms with E-state index in [0.717, 1.165) is 33.2 Å². The zero-order chi connectivity index (χ0) is 28.4. The van der Waals surface area contributed by atoms with Crippen LogP contribution < -0.4 is 0 Å². The standard InChI is InChI=1S/C32H32N2O6/c1-32(2,3)40-31(38)34-17-15-22-13-12-21(18-28(22)34)14-16-33(19-29(35)36)30(37)39-20-27-25-10-6-4-8-23(25)24-9-5-7-11-26(24)27/h4-13,15,17-18,27H,14,16,19-20H2,1-3H3,(H,35,36). The second kappa shape index (κ2) is 10.9. The first-order valence-electron chi connectivity index (χ1n) is 13.3. The van der Waals surface area contributed by atoms with E-state index >= 15 is 0 Å². The predicted octanol–water partition coefficient (Wildman–Crippen LogP) is 6.30. The van der Waals surface area contributed by atoms with Crippen molar-refractivity contribution in [2.45, 2.75) is 38.7 Å². The van der Waals surface area contributed by atoms with Gasteiger partial charge in [0.2, 0.25) is 0 Å². The highest BCUT2D eigenvalue weighted by atomic mass is 16.6. The van der Waals surface area contributed by atoms with E-state index in [-0.39, 0.29) is 19.1 Å². The Labute approximate surface area is 232 Å². The highest BCUT2D eigenvalue weighted by molar-refractivity contribution is 5.90. The fourth-order valence-corrected chi connectivity index (χ4v) is 5.15. The van der Waals surface area contributed by atoms with Crippen LogP contribution in [0.25, 0.3) is 22.0 Å². The van der Waals surface area contributed by atoms with Gasteiger partial charge in [0, 0.05) is 24.0 Å². The number of carboxylic acids is 1. The maximum atomic E-state index is 13.1. The average Bonchev–Trinajstić information content (AvgIpc) is 3.47. The molecule has 1 amide bonds. The molecule has 40 heavy (non-hydrogen) atoms. The zero-order valence-corrected chi connectivity index (χ0v) is 22.8. The van der Waals surface area contributed by atoms with E-state index < -0.39 is 30.3 Å². The molecule has 1 aromatic heterocycles. The number of carboxylic acid groups (broad SMARTS) is 1. The number of hydrogen-bond acceptors (Lipinski definition) is 5. The molecule has 1 heterocycles. The Bertz CT molecular complexity index is 1540. The normalized spacial score (nSPS) is 12.6. The maximum absolute atomic E-state index is 13.1. The van der Waals surface area contributed by atoms with Crippen molar-refractivity contribution in [3.05, 3.63) is 95.7 Å². The van der Waals surface area contributed by atoms with E-state index in [1.54, 1.807) is 6.20 Å². The molecule has 1 aliphatic carbocycles. The number of aliphatic carboxylic acids is 1. The number of rotatable bonds is 7. The minimum absolute atomic E-state index is 0.109. The first kappa shape index (κ1) is 27.0. The summed E-state index contributed by atoms with van der Waals surface area (Å²) >= 11 is 0. The fraction of sp³-hybridized carbons (Fsp3) is 0.281. The number of carbonyl (C=O) groups excluding carboxylic acids is 2. The van der Waals surface area contributed by atoms with E-state index in [1.165, 1.54) is 9.47 Å². The Morgan fingerprint density at radius 1 is 0.925 bits per heavy atom. The van der Waals surface area contributed by atoms with E-state index in [0.29, 0.717) is 11.9 Å². The lowest BCUT2D eigenvalue weighted by atomic mass is 9.98. The van der Waals surface area contributed by atoms with Gasteiger partial charge in [0.25, 0.3) is 0 Å². The van der Waals surface area contributed by atoms with Gasteiger partial charge in [-0.15, -0.1) is 0 Å². The maximum Gasteiger partial charge on any atom is 0.418 e. The van der Waals surface area contributed by atoms with Crippen molar-refractivity contribution in [2.75, 3.05) is 19.7 Å². The number of hydrogen-bond donors (Lipinski definition) is 1. The van der Waals surface area contributed by atoms with Gasteiger partial charge in [-0.25, -0.2) is 9.59 Å². The quantitative estimate of drug-likeness (QED) is 0.295. The molecular weight excluding hydrogens is 508 g/mol. The molecule has 0 unspecified atom stereocenters. The van der Waals surface area contributed by atoms with Crippen LogP contribution >= 0.6 is 0 Å². The molecule has 0 aliphatic heterocycles. The Morgan fingerprint density at radius 3 is 2.20 bits per heavy atom. The van der Waals surface area contributed by atoms with Crippen LogP contribution in [0.5, 0.6) is 0 Å². The summed E-state index contributed by atoms with van der Waals surface area (Å²) in [5.74, 6) is -1.24. The number of ether oxygens (including phenoxy) is 2. The van der Waals surface area contributed by atoms with Crippen molar-refractivity contribution in [3.8, 4) is 11.1 Å². The highest BCUT2D eigenvalue weighted by Crippen LogP contribution is 2.44. The summed E-state index contributed by atoms with van der Waals surface area (Å²) in [4.78, 5) is 38.6. The summed E-state index contributed by atoms with van der Waals surface area (Å²) in [6, 6.07) is 23.6. The number of nitrogens with zero attached hydrogens (tertiary/aromatic N) is 2. The van der Waals surface area contributed by atoms with Crippen LogP contribution in [0.3, 0.4) is 0 Å². The lowest BCUT2D eigenvalue weighted by Gasteiger charge is -2.22. The van der Waals surface area contributed by atoms with Crippen molar-refractivity contribution in [3.63, 3.8) is 0 Å². The molecule has 206 valence electrons. The average molecular weight is 541 g/mol. The molecule has 0 radical (unpaired) electrons. The molecule has 1 aliphatic rings. The smallest absolute Gasteiger partial charge is 0.418 e. The third kappa shape index (κ3) is 5.71. The number of aromatic nitrogens is 1. The van der Waals surface area contributed by atoms with E-state index in [1.807, 2.05) is 81.4 Å². The minimum atomic E-state index is -1.12. The van der Waals surface area contributed by atoms with Gasteiger partial charge in [-0.05, 0) is 67.1 Å². The molecule has 8 nitrogen and oxygen atoms in total. The van der Waals surface area contributed by atoms with Gasteiger partial charge in [0.15, 0.2) is 0 Å². The number of amides is 1. The Balaban J connectivity index is 1.28. The minimum Gasteiger partial charge on any atom is -0.480 e. The fourth-order valence-electron chi connectivity index (χ4n) is 5.15. The van der Waals surface area contributed by atoms with Gasteiger partial charge in [-0.1, -0.05) is 60.7 Å². The van der Waals surface area contributed by atoms with Gasteiger partial charge in [-0.3, -0.25) is 14.3 Å². The molecule has 0 saturated carbocycles. The molecule has 8 heteroatoms. The summed E-state index contributed by atoms with van der Waals surface area (Å²) in [5.41, 5.74) is 5.30. The predicted molar refractivity (Wildman–Crippen MR) is 152 cm³/mol. The highest BCUT2D eigenvalue weighted by Gasteiger charge is 2.30. The van der Waals surface area contributed by atoms with Gasteiger partial charge in [0.1, 0.15) is 18.8 Å². The summed E-state index contributed by atoms with van der Waals surface area (Å²) in [7, 11) is 0. The summed E-state index contributed by atoms with van der Waals surface area (Å²) in [5, 5.41) is 10.3. The molecule has 0 fully saturated rings. The van der Waals surface area contributed by atoms with Crippen LogP contribution in [0.1, 0.15) is 43.4 Å². The van der Waals surface area contributed by atoms with Gasteiger partial charge >= 0.3 is 18.2 Å². The molecule has 3 aromatic carbocycles. The molecule has 0 spiro atoms. The molecular formula is C32H32N2O6. The van der Waals surface area contributed by atoms with Crippen LogP contribution in [0.15, 0.2) is 79.0 Å². The third-order valence-electron chi connectivity index (χ3n) is 6.94.